The molecule has 5 heteroatoms. The molecule has 2 rings (SSSR count). The van der Waals surface area contributed by atoms with Crippen LogP contribution in [0.2, 0.25) is 0 Å². The number of nitrogens with zero attached hydrogens (tertiary/aromatic N) is 2. The van der Waals surface area contributed by atoms with E-state index < -0.39 is 0 Å². The maximum atomic E-state index is 11.7. The van der Waals surface area contributed by atoms with Crippen LogP contribution in [0.3, 0.4) is 0 Å². The molecule has 0 bridgehead atoms. The molecule has 1 aromatic carbocycles. The zero-order valence-corrected chi connectivity index (χ0v) is 11.6. The van der Waals surface area contributed by atoms with E-state index in [9.17, 15) is 4.79 Å². The number of benzene rings is 1. The maximum absolute atomic E-state index is 11.7. The van der Waals surface area contributed by atoms with E-state index >= 15 is 0 Å². The van der Waals surface area contributed by atoms with Crippen LogP contribution in [0.1, 0.15) is 15.9 Å². The summed E-state index contributed by atoms with van der Waals surface area (Å²) in [7, 11) is 3.44. The fourth-order valence-electron chi connectivity index (χ4n) is 1.71. The third-order valence-electron chi connectivity index (χ3n) is 2.87. The SMILES string of the molecule is CN(C)C(=O)c1ccc(NCc2ccc(N)cc2)nc1. The molecule has 0 saturated carbocycles. The molecule has 2 aromatic rings. The van der Waals surface area contributed by atoms with Gasteiger partial charge in [0.2, 0.25) is 0 Å². The van der Waals surface area contributed by atoms with E-state index in [-0.39, 0.29) is 5.91 Å². The molecule has 3 N–H and O–H groups in total. The Morgan fingerprint density at radius 2 is 1.90 bits per heavy atom. The Morgan fingerprint density at radius 3 is 2.45 bits per heavy atom. The molecule has 5 nitrogen and oxygen atoms in total. The topological polar surface area (TPSA) is 71.2 Å². The Morgan fingerprint density at radius 1 is 1.20 bits per heavy atom. The predicted molar refractivity (Wildman–Crippen MR) is 80.4 cm³/mol. The zero-order chi connectivity index (χ0) is 14.5. The van der Waals surface area contributed by atoms with Crippen LogP contribution in [0.25, 0.3) is 0 Å². The zero-order valence-electron chi connectivity index (χ0n) is 11.6. The first-order valence-corrected chi connectivity index (χ1v) is 6.32. The van der Waals surface area contributed by atoms with Crippen molar-refractivity contribution < 1.29 is 4.79 Å². The Labute approximate surface area is 118 Å². The largest absolute Gasteiger partial charge is 0.399 e. The van der Waals surface area contributed by atoms with Gasteiger partial charge in [-0.05, 0) is 29.8 Å². The van der Waals surface area contributed by atoms with Crippen molar-refractivity contribution in [3.63, 3.8) is 0 Å². The lowest BCUT2D eigenvalue weighted by Crippen LogP contribution is -2.21. The summed E-state index contributed by atoms with van der Waals surface area (Å²) < 4.78 is 0. The smallest absolute Gasteiger partial charge is 0.254 e. The van der Waals surface area contributed by atoms with Crippen molar-refractivity contribution >= 4 is 17.4 Å². The number of pyridine rings is 1. The molecule has 0 atom stereocenters. The van der Waals surface area contributed by atoms with Crippen molar-refractivity contribution in [3.8, 4) is 0 Å². The van der Waals surface area contributed by atoms with Crippen molar-refractivity contribution in [3.05, 3.63) is 53.7 Å². The number of nitrogen functional groups attached to an aromatic ring is 1. The van der Waals surface area contributed by atoms with E-state index in [4.69, 9.17) is 5.73 Å². The van der Waals surface area contributed by atoms with Crippen LogP contribution in [0.5, 0.6) is 0 Å². The van der Waals surface area contributed by atoms with Crippen LogP contribution in [0, 0.1) is 0 Å². The van der Waals surface area contributed by atoms with Gasteiger partial charge in [-0.3, -0.25) is 4.79 Å². The van der Waals surface area contributed by atoms with E-state index in [1.54, 1.807) is 32.4 Å². The highest BCUT2D eigenvalue weighted by Gasteiger charge is 2.07. The van der Waals surface area contributed by atoms with Crippen LogP contribution in [-0.4, -0.2) is 29.9 Å². The Hall–Kier alpha value is -2.56. The van der Waals surface area contributed by atoms with Gasteiger partial charge in [-0.2, -0.15) is 0 Å². The minimum absolute atomic E-state index is 0.0532. The fourth-order valence-corrected chi connectivity index (χ4v) is 1.71. The number of carbonyl (C=O) groups excluding carboxylic acids is 1. The maximum Gasteiger partial charge on any atom is 0.254 e. The average molecular weight is 270 g/mol. The second-order valence-corrected chi connectivity index (χ2v) is 4.73. The second-order valence-electron chi connectivity index (χ2n) is 4.73. The summed E-state index contributed by atoms with van der Waals surface area (Å²) in [6, 6.07) is 11.2. The number of nitrogens with two attached hydrogens (primary N) is 1. The summed E-state index contributed by atoms with van der Waals surface area (Å²) >= 11 is 0. The summed E-state index contributed by atoms with van der Waals surface area (Å²) in [5, 5.41) is 3.20. The molecule has 104 valence electrons. The first kappa shape index (κ1) is 13.9. The lowest BCUT2D eigenvalue weighted by Gasteiger charge is -2.10. The van der Waals surface area contributed by atoms with Crippen molar-refractivity contribution in [1.29, 1.82) is 0 Å². The number of amides is 1. The van der Waals surface area contributed by atoms with Crippen molar-refractivity contribution in [2.24, 2.45) is 0 Å². The van der Waals surface area contributed by atoms with Gasteiger partial charge in [-0.15, -0.1) is 0 Å². The summed E-state index contributed by atoms with van der Waals surface area (Å²) in [6.07, 6.45) is 1.58. The monoisotopic (exact) mass is 270 g/mol. The van der Waals surface area contributed by atoms with E-state index in [2.05, 4.69) is 10.3 Å². The van der Waals surface area contributed by atoms with Crippen molar-refractivity contribution in [2.45, 2.75) is 6.54 Å². The third-order valence-corrected chi connectivity index (χ3v) is 2.87. The number of carbonyl (C=O) groups is 1. The molecular weight excluding hydrogens is 252 g/mol. The lowest BCUT2D eigenvalue weighted by atomic mass is 10.2. The van der Waals surface area contributed by atoms with Gasteiger partial charge in [0.25, 0.3) is 5.91 Å². The number of hydrogen-bond acceptors (Lipinski definition) is 4. The third kappa shape index (κ3) is 3.47. The summed E-state index contributed by atoms with van der Waals surface area (Å²) in [5.41, 5.74) is 8.08. The fraction of sp³-hybridized carbons (Fsp3) is 0.200. The van der Waals surface area contributed by atoms with Gasteiger partial charge < -0.3 is 16.0 Å². The average Bonchev–Trinajstić information content (AvgIpc) is 2.46. The van der Waals surface area contributed by atoms with Gasteiger partial charge in [0.1, 0.15) is 5.82 Å². The highest BCUT2D eigenvalue weighted by molar-refractivity contribution is 5.93. The molecule has 0 aliphatic heterocycles. The minimum atomic E-state index is -0.0532. The van der Waals surface area contributed by atoms with Crippen LogP contribution in [-0.2, 0) is 6.54 Å². The number of aromatic nitrogens is 1. The van der Waals surface area contributed by atoms with Gasteiger partial charge in [-0.25, -0.2) is 4.98 Å². The van der Waals surface area contributed by atoms with Gasteiger partial charge in [0.15, 0.2) is 0 Å². The molecule has 1 aromatic heterocycles. The van der Waals surface area contributed by atoms with Gasteiger partial charge in [0, 0.05) is 32.5 Å². The number of hydrogen-bond donors (Lipinski definition) is 2. The van der Waals surface area contributed by atoms with E-state index in [0.717, 1.165) is 17.1 Å². The van der Waals surface area contributed by atoms with Crippen LogP contribution >= 0.6 is 0 Å². The quantitative estimate of drug-likeness (QED) is 0.833. The second kappa shape index (κ2) is 6.06. The first-order valence-electron chi connectivity index (χ1n) is 6.32. The minimum Gasteiger partial charge on any atom is -0.399 e. The van der Waals surface area contributed by atoms with Gasteiger partial charge in [0.05, 0.1) is 5.56 Å². The van der Waals surface area contributed by atoms with Gasteiger partial charge >= 0.3 is 0 Å². The van der Waals surface area contributed by atoms with Crippen molar-refractivity contribution in [2.75, 3.05) is 25.1 Å². The van der Waals surface area contributed by atoms with E-state index in [0.29, 0.717) is 12.1 Å². The van der Waals surface area contributed by atoms with Gasteiger partial charge in [-0.1, -0.05) is 12.1 Å². The molecule has 1 heterocycles. The number of nitrogens with one attached hydrogen (secondary N) is 1. The summed E-state index contributed by atoms with van der Waals surface area (Å²) in [5.74, 6) is 0.680. The molecule has 0 aliphatic rings. The van der Waals surface area contributed by atoms with E-state index in [1.165, 1.54) is 4.90 Å². The highest BCUT2D eigenvalue weighted by Crippen LogP contribution is 2.10. The molecule has 0 spiro atoms. The summed E-state index contributed by atoms with van der Waals surface area (Å²) in [6.45, 7) is 0.661. The standard InChI is InChI=1S/C15H18N4O/c1-19(2)15(20)12-5-8-14(18-10-12)17-9-11-3-6-13(16)7-4-11/h3-8,10H,9,16H2,1-2H3,(H,17,18). The predicted octanol–water partition coefficient (Wildman–Crippen LogP) is 1.98. The normalized spacial score (nSPS) is 10.1. The van der Waals surface area contributed by atoms with E-state index in [1.807, 2.05) is 24.3 Å². The Balaban J connectivity index is 1.97. The first-order chi connectivity index (χ1) is 9.56. The molecule has 1 amide bonds. The molecular formula is C15H18N4O. The molecule has 0 unspecified atom stereocenters. The van der Waals surface area contributed by atoms with Crippen LogP contribution in [0.4, 0.5) is 11.5 Å². The Kier molecular flexibility index (Phi) is 4.20. The molecule has 0 fully saturated rings. The molecule has 20 heavy (non-hydrogen) atoms. The highest BCUT2D eigenvalue weighted by atomic mass is 16.2. The molecule has 0 saturated heterocycles. The molecule has 0 radical (unpaired) electrons. The Bertz CT molecular complexity index is 576. The van der Waals surface area contributed by atoms with Crippen LogP contribution < -0.4 is 11.1 Å². The lowest BCUT2D eigenvalue weighted by molar-refractivity contribution is 0.0827. The van der Waals surface area contributed by atoms with Crippen molar-refractivity contribution in [1.82, 2.24) is 9.88 Å². The number of anilines is 2. The van der Waals surface area contributed by atoms with Crippen LogP contribution in [0.15, 0.2) is 42.6 Å². The summed E-state index contributed by atoms with van der Waals surface area (Å²) in [4.78, 5) is 17.5. The number of rotatable bonds is 4. The molecule has 0 aliphatic carbocycles.